The van der Waals surface area contributed by atoms with Gasteiger partial charge in [-0.2, -0.15) is 0 Å². The molecular formula is C32H38BrNO7. The van der Waals surface area contributed by atoms with Gasteiger partial charge in [-0.05, 0) is 90.9 Å². The van der Waals surface area contributed by atoms with Gasteiger partial charge in [-0.15, -0.1) is 0 Å². The molecule has 1 aliphatic heterocycles. The zero-order chi connectivity index (χ0) is 29.8. The van der Waals surface area contributed by atoms with E-state index in [4.69, 9.17) is 23.7 Å². The number of hydrogen-bond donors (Lipinski definition) is 1. The number of carbonyl (C=O) groups is 2. The van der Waals surface area contributed by atoms with E-state index in [1.54, 1.807) is 21.3 Å². The van der Waals surface area contributed by atoms with E-state index in [2.05, 4.69) is 21.2 Å². The first-order valence-electron chi connectivity index (χ1n) is 13.8. The summed E-state index contributed by atoms with van der Waals surface area (Å²) in [6.45, 7) is 8.00. The molecule has 0 spiro atoms. The summed E-state index contributed by atoms with van der Waals surface area (Å²) in [6, 6.07) is 9.50. The van der Waals surface area contributed by atoms with E-state index >= 15 is 0 Å². The third-order valence-corrected chi connectivity index (χ3v) is 8.27. The van der Waals surface area contributed by atoms with Crippen LogP contribution in [0.3, 0.4) is 0 Å². The van der Waals surface area contributed by atoms with Crippen molar-refractivity contribution in [2.75, 3.05) is 27.9 Å². The molecule has 2 aliphatic rings. The number of ketones is 1. The van der Waals surface area contributed by atoms with E-state index in [1.807, 2.05) is 58.0 Å². The van der Waals surface area contributed by atoms with Crippen LogP contribution in [0.1, 0.15) is 69.9 Å². The lowest BCUT2D eigenvalue weighted by molar-refractivity contribution is -0.144. The maximum absolute atomic E-state index is 14.0. The van der Waals surface area contributed by atoms with Crippen LogP contribution >= 0.6 is 15.9 Å². The number of rotatable bonds is 10. The van der Waals surface area contributed by atoms with Gasteiger partial charge in [0.05, 0.1) is 44.1 Å². The minimum atomic E-state index is -0.636. The molecular weight excluding hydrogens is 590 g/mol. The Morgan fingerprint density at radius 1 is 1.00 bits per heavy atom. The van der Waals surface area contributed by atoms with Crippen LogP contribution in [0, 0.1) is 0 Å². The summed E-state index contributed by atoms with van der Waals surface area (Å²) in [4.78, 5) is 27.7. The van der Waals surface area contributed by atoms with E-state index < -0.39 is 11.9 Å². The lowest BCUT2D eigenvalue weighted by atomic mass is 9.71. The number of methoxy groups -OCH3 is 3. The van der Waals surface area contributed by atoms with Crippen LogP contribution < -0.4 is 24.3 Å². The van der Waals surface area contributed by atoms with Crippen molar-refractivity contribution < 1.29 is 33.3 Å². The van der Waals surface area contributed by atoms with Gasteiger partial charge in [0.2, 0.25) is 0 Å². The molecule has 4 rings (SSSR count). The van der Waals surface area contributed by atoms with Gasteiger partial charge in [0.15, 0.2) is 28.8 Å². The second kappa shape index (κ2) is 13.0. The Labute approximate surface area is 250 Å². The highest BCUT2D eigenvalue weighted by atomic mass is 79.9. The summed E-state index contributed by atoms with van der Waals surface area (Å²) in [6.07, 6.45) is 1.29. The normalized spacial score (nSPS) is 19.3. The van der Waals surface area contributed by atoms with Crippen LogP contribution in [-0.2, 0) is 14.3 Å². The van der Waals surface area contributed by atoms with Crippen LogP contribution in [0.2, 0.25) is 0 Å². The van der Waals surface area contributed by atoms with Crippen molar-refractivity contribution in [3.63, 3.8) is 0 Å². The number of Topliss-reactive ketones (excluding diaryl/α,β-unsaturated/α-hetero) is 1. The van der Waals surface area contributed by atoms with Gasteiger partial charge in [0.25, 0.3) is 0 Å². The SMILES string of the molecule is CCOc1cc([C@H]2C(C(=O)O[C@H](C)CC)=C(C)NC3=C2C(=O)C[C@H](c2ccc(OC)c(OC)c2)C3)cc(Br)c1OC. The van der Waals surface area contributed by atoms with Crippen molar-refractivity contribution in [3.05, 3.63) is 68.5 Å². The number of carbonyl (C=O) groups excluding carboxylic acids is 2. The molecule has 3 atom stereocenters. The van der Waals surface area contributed by atoms with E-state index in [-0.39, 0.29) is 24.2 Å². The van der Waals surface area contributed by atoms with Gasteiger partial charge >= 0.3 is 5.97 Å². The Balaban J connectivity index is 1.84. The molecule has 0 saturated carbocycles. The molecule has 0 saturated heterocycles. The predicted octanol–water partition coefficient (Wildman–Crippen LogP) is 6.58. The quantitative estimate of drug-likeness (QED) is 0.295. The number of benzene rings is 2. The third-order valence-electron chi connectivity index (χ3n) is 7.68. The minimum absolute atomic E-state index is 0.0326. The Morgan fingerprint density at radius 2 is 1.71 bits per heavy atom. The lowest BCUT2D eigenvalue weighted by Gasteiger charge is -2.37. The molecule has 2 aromatic rings. The first-order chi connectivity index (χ1) is 19.7. The molecule has 9 heteroatoms. The van der Waals surface area contributed by atoms with Crippen LogP contribution in [0.15, 0.2) is 57.3 Å². The molecule has 1 aliphatic carbocycles. The Kier molecular flexibility index (Phi) is 9.68. The molecule has 41 heavy (non-hydrogen) atoms. The van der Waals surface area contributed by atoms with Gasteiger partial charge in [-0.3, -0.25) is 4.79 Å². The molecule has 0 radical (unpaired) electrons. The Bertz CT molecular complexity index is 1400. The topological polar surface area (TPSA) is 92.3 Å². The van der Waals surface area contributed by atoms with E-state index in [0.717, 1.165) is 16.8 Å². The molecule has 0 fully saturated rings. The highest BCUT2D eigenvalue weighted by Crippen LogP contribution is 2.49. The van der Waals surface area contributed by atoms with Crippen LogP contribution in [0.5, 0.6) is 23.0 Å². The van der Waals surface area contributed by atoms with Crippen LogP contribution in [0.4, 0.5) is 0 Å². The number of dihydropyridines is 1. The van der Waals surface area contributed by atoms with Crippen LogP contribution in [0.25, 0.3) is 0 Å². The van der Waals surface area contributed by atoms with Crippen molar-refractivity contribution in [1.82, 2.24) is 5.32 Å². The second-order valence-electron chi connectivity index (χ2n) is 10.2. The zero-order valence-electron chi connectivity index (χ0n) is 24.7. The first kappa shape index (κ1) is 30.5. The van der Waals surface area contributed by atoms with Gasteiger partial charge in [-0.25, -0.2) is 4.79 Å². The number of esters is 1. The molecule has 1 heterocycles. The fraction of sp³-hybridized carbons (Fsp3) is 0.438. The summed E-state index contributed by atoms with van der Waals surface area (Å²) < 4.78 is 28.9. The largest absolute Gasteiger partial charge is 0.493 e. The molecule has 1 N–H and O–H groups in total. The van der Waals surface area contributed by atoms with Crippen molar-refractivity contribution in [1.29, 1.82) is 0 Å². The average Bonchev–Trinajstić information content (AvgIpc) is 2.95. The maximum Gasteiger partial charge on any atom is 0.337 e. The maximum atomic E-state index is 14.0. The molecule has 220 valence electrons. The molecule has 0 amide bonds. The monoisotopic (exact) mass is 627 g/mol. The fourth-order valence-corrected chi connectivity index (χ4v) is 6.15. The smallest absolute Gasteiger partial charge is 0.337 e. The molecule has 2 aromatic carbocycles. The average molecular weight is 629 g/mol. The lowest BCUT2D eigenvalue weighted by Crippen LogP contribution is -2.36. The molecule has 0 aromatic heterocycles. The second-order valence-corrected chi connectivity index (χ2v) is 11.1. The fourth-order valence-electron chi connectivity index (χ4n) is 5.53. The Morgan fingerprint density at radius 3 is 2.34 bits per heavy atom. The van der Waals surface area contributed by atoms with Crippen molar-refractivity contribution >= 4 is 27.7 Å². The van der Waals surface area contributed by atoms with E-state index in [0.29, 0.717) is 63.8 Å². The number of halogens is 1. The summed E-state index contributed by atoms with van der Waals surface area (Å²) in [5, 5.41) is 3.41. The van der Waals surface area contributed by atoms with Gasteiger partial charge in [0.1, 0.15) is 0 Å². The predicted molar refractivity (Wildman–Crippen MR) is 160 cm³/mol. The van der Waals surface area contributed by atoms with Crippen molar-refractivity contribution in [3.8, 4) is 23.0 Å². The highest BCUT2D eigenvalue weighted by Gasteiger charge is 2.42. The van der Waals surface area contributed by atoms with Crippen LogP contribution in [-0.4, -0.2) is 45.8 Å². The number of nitrogens with one attached hydrogen (secondary N) is 1. The molecule has 0 bridgehead atoms. The zero-order valence-corrected chi connectivity index (χ0v) is 26.3. The summed E-state index contributed by atoms with van der Waals surface area (Å²) in [5.41, 5.74) is 4.17. The van der Waals surface area contributed by atoms with E-state index in [1.165, 1.54) is 0 Å². The standard InChI is InChI=1S/C32H38BrNO7/c1-8-17(3)41-32(36)28-18(4)34-23-13-20(19-10-11-25(37-5)26(15-19)38-6)14-24(35)30(23)29(28)21-12-22(33)31(39-7)27(16-21)40-9-2/h10-12,15-17,20,29,34H,8-9,13-14H2,1-7H3/t17-,20-,29+/m1/s1. The summed E-state index contributed by atoms with van der Waals surface area (Å²) >= 11 is 3.61. The van der Waals surface area contributed by atoms with Crippen molar-refractivity contribution in [2.45, 2.75) is 64.9 Å². The highest BCUT2D eigenvalue weighted by molar-refractivity contribution is 9.10. The summed E-state index contributed by atoms with van der Waals surface area (Å²) in [7, 11) is 4.77. The van der Waals surface area contributed by atoms with Gasteiger partial charge in [-0.1, -0.05) is 13.0 Å². The first-order valence-corrected chi connectivity index (χ1v) is 14.6. The van der Waals surface area contributed by atoms with Gasteiger partial charge in [0, 0.05) is 29.3 Å². The summed E-state index contributed by atoms with van der Waals surface area (Å²) in [5.74, 6) is 1.14. The molecule has 8 nitrogen and oxygen atoms in total. The Hall–Kier alpha value is -3.46. The molecule has 0 unspecified atom stereocenters. The number of ether oxygens (including phenoxy) is 5. The number of allylic oxidation sites excluding steroid dienone is 3. The number of hydrogen-bond acceptors (Lipinski definition) is 8. The third kappa shape index (κ3) is 6.10. The van der Waals surface area contributed by atoms with E-state index in [9.17, 15) is 9.59 Å². The minimum Gasteiger partial charge on any atom is -0.493 e. The van der Waals surface area contributed by atoms with Crippen molar-refractivity contribution in [2.24, 2.45) is 0 Å². The van der Waals surface area contributed by atoms with Gasteiger partial charge < -0.3 is 29.0 Å².